The summed E-state index contributed by atoms with van der Waals surface area (Å²) in [5.74, 6) is -1.65. The Balaban J connectivity index is 1.55. The number of aromatic nitrogens is 1. The Labute approximate surface area is 164 Å². The van der Waals surface area contributed by atoms with Crippen LogP contribution in [0.15, 0.2) is 54.9 Å². The fraction of sp³-hybridized carbons (Fsp3) is 0.364. The van der Waals surface area contributed by atoms with Gasteiger partial charge >= 0.3 is 5.97 Å². The lowest BCUT2D eigenvalue weighted by molar-refractivity contribution is -0.155. The molecule has 0 N–H and O–H groups in total. The molecule has 146 valence electrons. The van der Waals surface area contributed by atoms with E-state index in [-0.39, 0.29) is 6.61 Å². The highest BCUT2D eigenvalue weighted by Gasteiger charge is 2.36. The topological polar surface area (TPSA) is 76.6 Å². The maximum Gasteiger partial charge on any atom is 0.328 e. The number of ketones is 1. The van der Waals surface area contributed by atoms with Crippen molar-refractivity contribution in [3.63, 3.8) is 0 Å². The third kappa shape index (κ3) is 5.03. The number of hydrogen-bond acceptors (Lipinski definition) is 5. The number of likely N-dealkylation sites (tertiary alicyclic amines) is 1. The van der Waals surface area contributed by atoms with Crippen LogP contribution in [0, 0.1) is 0 Å². The van der Waals surface area contributed by atoms with Crippen LogP contribution >= 0.6 is 0 Å². The van der Waals surface area contributed by atoms with Gasteiger partial charge in [-0.1, -0.05) is 36.4 Å². The van der Waals surface area contributed by atoms with Gasteiger partial charge in [0.1, 0.15) is 6.04 Å². The number of aryl methyl sites for hydroxylation is 1. The van der Waals surface area contributed by atoms with Crippen molar-refractivity contribution in [2.45, 2.75) is 38.1 Å². The molecule has 0 spiro atoms. The number of amides is 1. The van der Waals surface area contributed by atoms with Gasteiger partial charge in [0.2, 0.25) is 5.78 Å². The molecule has 6 nitrogen and oxygen atoms in total. The molecule has 3 rings (SSSR count). The smallest absolute Gasteiger partial charge is 0.328 e. The second kappa shape index (κ2) is 9.78. The number of carbonyl (C=O) groups is 3. The fourth-order valence-electron chi connectivity index (χ4n) is 3.35. The molecule has 1 aliphatic heterocycles. The number of piperidine rings is 1. The van der Waals surface area contributed by atoms with Crippen molar-refractivity contribution in [3.05, 3.63) is 66.0 Å². The molecular weight excluding hydrogens is 356 g/mol. The van der Waals surface area contributed by atoms with Crippen molar-refractivity contribution in [3.8, 4) is 0 Å². The highest BCUT2D eigenvalue weighted by atomic mass is 16.5. The van der Waals surface area contributed by atoms with Crippen LogP contribution < -0.4 is 0 Å². The first-order valence-corrected chi connectivity index (χ1v) is 9.62. The Bertz CT molecular complexity index is 808. The summed E-state index contributed by atoms with van der Waals surface area (Å²) in [6.07, 6.45) is 7.09. The molecule has 0 bridgehead atoms. The average Bonchev–Trinajstić information content (AvgIpc) is 2.77. The first kappa shape index (κ1) is 19.7. The van der Waals surface area contributed by atoms with E-state index in [1.165, 1.54) is 4.90 Å². The molecule has 0 radical (unpaired) electrons. The lowest BCUT2D eigenvalue weighted by atomic mass is 10.0. The average molecular weight is 380 g/mol. The number of nitrogens with zero attached hydrogens (tertiary/aromatic N) is 2. The van der Waals surface area contributed by atoms with Crippen molar-refractivity contribution < 1.29 is 19.1 Å². The van der Waals surface area contributed by atoms with E-state index < -0.39 is 23.7 Å². The van der Waals surface area contributed by atoms with Crippen LogP contribution in [0.4, 0.5) is 0 Å². The highest BCUT2D eigenvalue weighted by molar-refractivity contribution is 6.43. The lowest BCUT2D eigenvalue weighted by Crippen LogP contribution is -2.51. The van der Waals surface area contributed by atoms with E-state index in [4.69, 9.17) is 4.74 Å². The zero-order valence-electron chi connectivity index (χ0n) is 15.8. The number of carbonyl (C=O) groups excluding carboxylic acids is 3. The maximum atomic E-state index is 12.7. The summed E-state index contributed by atoms with van der Waals surface area (Å²) >= 11 is 0. The van der Waals surface area contributed by atoms with Gasteiger partial charge in [-0.2, -0.15) is 0 Å². The molecule has 1 amide bonds. The Morgan fingerprint density at radius 2 is 1.89 bits per heavy atom. The predicted molar refractivity (Wildman–Crippen MR) is 104 cm³/mol. The van der Waals surface area contributed by atoms with Crippen LogP contribution in [0.1, 0.15) is 41.6 Å². The molecule has 2 aromatic rings. The van der Waals surface area contributed by atoms with Gasteiger partial charge in [-0.25, -0.2) is 4.79 Å². The Hall–Kier alpha value is -3.02. The first-order valence-electron chi connectivity index (χ1n) is 9.62. The van der Waals surface area contributed by atoms with E-state index in [0.717, 1.165) is 24.8 Å². The largest absolute Gasteiger partial charge is 0.464 e. The molecule has 0 saturated carbocycles. The number of Topliss-reactive ketones (excluding diaryl/α,β-unsaturated/α-hetero) is 1. The van der Waals surface area contributed by atoms with Crippen LogP contribution in [-0.2, 0) is 20.7 Å². The Kier molecular flexibility index (Phi) is 6.89. The maximum absolute atomic E-state index is 12.7. The zero-order chi connectivity index (χ0) is 19.8. The van der Waals surface area contributed by atoms with Crippen molar-refractivity contribution in [1.29, 1.82) is 0 Å². The van der Waals surface area contributed by atoms with Gasteiger partial charge in [-0.15, -0.1) is 0 Å². The van der Waals surface area contributed by atoms with Crippen LogP contribution in [0.2, 0.25) is 0 Å². The van der Waals surface area contributed by atoms with Gasteiger partial charge in [0.05, 0.1) is 6.61 Å². The Morgan fingerprint density at radius 3 is 2.64 bits per heavy atom. The van der Waals surface area contributed by atoms with Crippen molar-refractivity contribution in [2.75, 3.05) is 13.2 Å². The van der Waals surface area contributed by atoms with E-state index in [1.807, 2.05) is 12.1 Å². The molecule has 28 heavy (non-hydrogen) atoms. The quantitative estimate of drug-likeness (QED) is 0.319. The van der Waals surface area contributed by atoms with E-state index in [2.05, 4.69) is 4.98 Å². The highest BCUT2D eigenvalue weighted by Crippen LogP contribution is 2.20. The molecule has 0 unspecified atom stereocenters. The van der Waals surface area contributed by atoms with Gasteiger partial charge in [0, 0.05) is 24.5 Å². The summed E-state index contributed by atoms with van der Waals surface area (Å²) in [6.45, 7) is 0.672. The summed E-state index contributed by atoms with van der Waals surface area (Å²) in [4.78, 5) is 43.1. The Morgan fingerprint density at radius 1 is 1.07 bits per heavy atom. The standard InChI is InChI=1S/C22H24N2O4/c25-20(18-10-2-1-3-11-18)21(26)24-14-5-4-12-19(24)22(27)28-15-7-9-17-8-6-13-23-16-17/h1-3,6,8,10-11,13,16,19H,4-5,7,9,12,14-15H2/t19-/m0/s1. The monoisotopic (exact) mass is 380 g/mol. The second-order valence-electron chi connectivity index (χ2n) is 6.84. The molecule has 1 aromatic heterocycles. The molecule has 6 heteroatoms. The molecule has 1 atom stereocenters. The normalized spacial score (nSPS) is 16.4. The summed E-state index contributed by atoms with van der Waals surface area (Å²) < 4.78 is 5.40. The van der Waals surface area contributed by atoms with Gasteiger partial charge in [0.25, 0.3) is 5.91 Å². The number of hydrogen-bond donors (Lipinski definition) is 0. The van der Waals surface area contributed by atoms with Crippen molar-refractivity contribution in [2.24, 2.45) is 0 Å². The third-order valence-electron chi connectivity index (χ3n) is 4.84. The van der Waals surface area contributed by atoms with Crippen LogP contribution in [0.3, 0.4) is 0 Å². The summed E-state index contributed by atoms with van der Waals surface area (Å²) in [5.41, 5.74) is 1.42. The molecule has 2 heterocycles. The summed E-state index contributed by atoms with van der Waals surface area (Å²) in [5, 5.41) is 0. The molecule has 1 aromatic carbocycles. The first-order chi connectivity index (χ1) is 13.7. The lowest BCUT2D eigenvalue weighted by Gasteiger charge is -2.33. The number of esters is 1. The molecule has 1 saturated heterocycles. The van der Waals surface area contributed by atoms with Gasteiger partial charge in [-0.3, -0.25) is 14.6 Å². The van der Waals surface area contributed by atoms with Crippen LogP contribution in [0.5, 0.6) is 0 Å². The van der Waals surface area contributed by atoms with Gasteiger partial charge < -0.3 is 9.64 Å². The zero-order valence-corrected chi connectivity index (χ0v) is 15.8. The minimum atomic E-state index is -0.688. The SMILES string of the molecule is O=C(C(=O)N1CCCC[C@H]1C(=O)OCCCc1cccnc1)c1ccccc1. The van der Waals surface area contributed by atoms with Crippen molar-refractivity contribution >= 4 is 17.7 Å². The van der Waals surface area contributed by atoms with Crippen molar-refractivity contribution in [1.82, 2.24) is 9.88 Å². The summed E-state index contributed by atoms with van der Waals surface area (Å²) in [6, 6.07) is 11.6. The van der Waals surface area contributed by atoms with Gasteiger partial charge in [0.15, 0.2) is 0 Å². The fourth-order valence-corrected chi connectivity index (χ4v) is 3.35. The van der Waals surface area contributed by atoms with E-state index in [1.54, 1.807) is 42.7 Å². The van der Waals surface area contributed by atoms with E-state index in [0.29, 0.717) is 24.9 Å². The molecule has 1 aliphatic rings. The molecular formula is C22H24N2O4. The minimum Gasteiger partial charge on any atom is -0.464 e. The van der Waals surface area contributed by atoms with Gasteiger partial charge in [-0.05, 0) is 43.7 Å². The predicted octanol–water partition coefficient (Wildman–Crippen LogP) is 2.82. The number of ether oxygens (including phenoxy) is 1. The van der Waals surface area contributed by atoms with E-state index >= 15 is 0 Å². The van der Waals surface area contributed by atoms with E-state index in [9.17, 15) is 14.4 Å². The van der Waals surface area contributed by atoms with Crippen LogP contribution in [-0.4, -0.2) is 46.7 Å². The molecule has 1 fully saturated rings. The number of benzene rings is 1. The summed E-state index contributed by atoms with van der Waals surface area (Å²) in [7, 11) is 0. The molecule has 0 aliphatic carbocycles. The third-order valence-corrected chi connectivity index (χ3v) is 4.84. The number of pyridine rings is 1. The van der Waals surface area contributed by atoms with Crippen LogP contribution in [0.25, 0.3) is 0 Å². The second-order valence-corrected chi connectivity index (χ2v) is 6.84. The minimum absolute atomic E-state index is 0.277. The number of rotatable bonds is 7.